The van der Waals surface area contributed by atoms with Crippen LogP contribution < -0.4 is 5.32 Å². The lowest BCUT2D eigenvalue weighted by Crippen LogP contribution is -2.40. The molecule has 3 aromatic rings. The fourth-order valence-electron chi connectivity index (χ4n) is 3.70. The number of carbonyl (C=O) groups excluding carboxylic acids is 2. The zero-order chi connectivity index (χ0) is 19.1. The van der Waals surface area contributed by atoms with E-state index in [0.29, 0.717) is 24.3 Å². The number of fused-ring (bicyclic) bond motifs is 3. The van der Waals surface area contributed by atoms with Crippen molar-refractivity contribution in [3.05, 3.63) is 65.6 Å². The zero-order valence-electron chi connectivity index (χ0n) is 15.0. The van der Waals surface area contributed by atoms with Gasteiger partial charge in [-0.25, -0.2) is 4.98 Å². The van der Waals surface area contributed by atoms with Gasteiger partial charge in [0.25, 0.3) is 5.91 Å². The fraction of sp³-hybridized carbons (Fsp3) is 0.182. The van der Waals surface area contributed by atoms with Crippen molar-refractivity contribution in [2.75, 3.05) is 11.9 Å². The third-order valence-corrected chi connectivity index (χ3v) is 5.10. The highest BCUT2D eigenvalue weighted by atomic mass is 16.2. The van der Waals surface area contributed by atoms with E-state index in [1.807, 2.05) is 30.3 Å². The van der Waals surface area contributed by atoms with Crippen LogP contribution in [0.5, 0.6) is 0 Å². The number of carbonyl (C=O) groups is 2. The van der Waals surface area contributed by atoms with Crippen LogP contribution in [-0.4, -0.2) is 39.3 Å². The number of benzene rings is 1. The van der Waals surface area contributed by atoms with Crippen molar-refractivity contribution in [2.45, 2.75) is 18.9 Å². The Kier molecular flexibility index (Phi) is 3.80. The summed E-state index contributed by atoms with van der Waals surface area (Å²) in [6.07, 6.45) is 3.24. The van der Waals surface area contributed by atoms with Crippen molar-refractivity contribution >= 4 is 28.4 Å². The molecule has 1 atom stereocenters. The second-order valence-corrected chi connectivity index (χ2v) is 6.91. The van der Waals surface area contributed by atoms with Crippen molar-refractivity contribution in [1.82, 2.24) is 14.9 Å². The molecule has 6 nitrogen and oxygen atoms in total. The molecule has 2 aromatic heterocycles. The van der Waals surface area contributed by atoms with Gasteiger partial charge < -0.3 is 10.2 Å². The lowest BCUT2D eigenvalue weighted by Gasteiger charge is -2.19. The summed E-state index contributed by atoms with van der Waals surface area (Å²) in [5, 5.41) is 3.84. The molecule has 0 unspecified atom stereocenters. The molecule has 5 rings (SSSR count). The standard InChI is InChI=1S/C22H16N4O2/c27-21-19-6-3-11-26(19)22(28)20-18(25-21)10-9-16(24-20)8-7-14-12-15-4-1-2-5-17(15)23-13-14/h1-2,4-5,9-10,12-13,19H,3,6,11H2,(H,25,27)/t19-/m0/s1. The fourth-order valence-corrected chi connectivity index (χ4v) is 3.70. The second kappa shape index (κ2) is 6.46. The molecule has 6 heteroatoms. The molecule has 1 saturated heterocycles. The Morgan fingerprint density at radius 2 is 2.00 bits per heavy atom. The number of anilines is 1. The van der Waals surface area contributed by atoms with Gasteiger partial charge >= 0.3 is 0 Å². The first kappa shape index (κ1) is 16.5. The van der Waals surface area contributed by atoms with Crippen LogP contribution in [0.3, 0.4) is 0 Å². The monoisotopic (exact) mass is 368 g/mol. The van der Waals surface area contributed by atoms with Crippen molar-refractivity contribution in [2.24, 2.45) is 0 Å². The number of hydrogen-bond donors (Lipinski definition) is 1. The van der Waals surface area contributed by atoms with E-state index < -0.39 is 6.04 Å². The first-order chi connectivity index (χ1) is 13.7. The van der Waals surface area contributed by atoms with Gasteiger partial charge in [-0.2, -0.15) is 0 Å². The summed E-state index contributed by atoms with van der Waals surface area (Å²) in [4.78, 5) is 35.6. The van der Waals surface area contributed by atoms with Crippen LogP contribution in [0.4, 0.5) is 5.69 Å². The molecule has 0 bridgehead atoms. The van der Waals surface area contributed by atoms with Crippen molar-refractivity contribution in [3.63, 3.8) is 0 Å². The van der Waals surface area contributed by atoms with Gasteiger partial charge in [0.15, 0.2) is 5.69 Å². The number of aromatic nitrogens is 2. The molecule has 0 saturated carbocycles. The molecule has 1 fully saturated rings. The normalized spacial score (nSPS) is 18.0. The van der Waals surface area contributed by atoms with Crippen LogP contribution in [0.25, 0.3) is 10.9 Å². The maximum absolute atomic E-state index is 12.8. The minimum Gasteiger partial charge on any atom is -0.325 e. The van der Waals surface area contributed by atoms with Gasteiger partial charge in [-0.1, -0.05) is 24.1 Å². The van der Waals surface area contributed by atoms with E-state index in [4.69, 9.17) is 0 Å². The molecule has 0 radical (unpaired) electrons. The molecule has 28 heavy (non-hydrogen) atoms. The highest BCUT2D eigenvalue weighted by Gasteiger charge is 2.39. The van der Waals surface area contributed by atoms with Gasteiger partial charge in [-0.05, 0) is 43.0 Å². The molecule has 2 amide bonds. The van der Waals surface area contributed by atoms with Crippen molar-refractivity contribution in [1.29, 1.82) is 0 Å². The number of hydrogen-bond acceptors (Lipinski definition) is 4. The average molecular weight is 368 g/mol. The van der Waals surface area contributed by atoms with Crippen LogP contribution in [0.15, 0.2) is 48.7 Å². The lowest BCUT2D eigenvalue weighted by atomic mass is 10.1. The Hall–Kier alpha value is -3.72. The first-order valence-electron chi connectivity index (χ1n) is 9.19. The summed E-state index contributed by atoms with van der Waals surface area (Å²) in [6, 6.07) is 12.8. The summed E-state index contributed by atoms with van der Waals surface area (Å²) < 4.78 is 0. The van der Waals surface area contributed by atoms with Gasteiger partial charge in [0, 0.05) is 23.7 Å². The van der Waals surface area contributed by atoms with Gasteiger partial charge in [0.05, 0.1) is 11.2 Å². The highest BCUT2D eigenvalue weighted by molar-refractivity contribution is 6.09. The summed E-state index contributed by atoms with van der Waals surface area (Å²) >= 11 is 0. The summed E-state index contributed by atoms with van der Waals surface area (Å²) in [5.74, 6) is 5.70. The Morgan fingerprint density at radius 3 is 2.93 bits per heavy atom. The van der Waals surface area contributed by atoms with Crippen LogP contribution in [0, 0.1) is 11.8 Å². The number of para-hydroxylation sites is 1. The Balaban J connectivity index is 1.50. The van der Waals surface area contributed by atoms with E-state index in [0.717, 1.165) is 22.9 Å². The number of nitrogens with one attached hydrogen (secondary N) is 1. The van der Waals surface area contributed by atoms with Crippen LogP contribution >= 0.6 is 0 Å². The van der Waals surface area contributed by atoms with E-state index >= 15 is 0 Å². The van der Waals surface area contributed by atoms with Crippen molar-refractivity contribution < 1.29 is 9.59 Å². The minimum atomic E-state index is -0.403. The molecule has 2 aliphatic rings. The van der Waals surface area contributed by atoms with Gasteiger partial charge in [0.2, 0.25) is 5.91 Å². The van der Waals surface area contributed by atoms with Crippen molar-refractivity contribution in [3.8, 4) is 11.8 Å². The number of amides is 2. The molecule has 4 heterocycles. The molecular formula is C22H16N4O2. The van der Waals surface area contributed by atoms with Crippen LogP contribution in [0.1, 0.15) is 34.6 Å². The lowest BCUT2D eigenvalue weighted by molar-refractivity contribution is -0.119. The topological polar surface area (TPSA) is 75.2 Å². The molecule has 1 aromatic carbocycles. The summed E-state index contributed by atoms with van der Waals surface area (Å²) in [7, 11) is 0. The van der Waals surface area contributed by atoms with Gasteiger partial charge in [-0.15, -0.1) is 0 Å². The Morgan fingerprint density at radius 1 is 1.11 bits per heavy atom. The quantitative estimate of drug-likeness (QED) is 0.619. The van der Waals surface area contributed by atoms with Crippen LogP contribution in [0.2, 0.25) is 0 Å². The predicted molar refractivity (Wildman–Crippen MR) is 105 cm³/mol. The molecule has 0 spiro atoms. The molecule has 1 N–H and O–H groups in total. The van der Waals surface area contributed by atoms with E-state index in [9.17, 15) is 9.59 Å². The Labute approximate surface area is 161 Å². The molecule has 2 aliphatic heterocycles. The van der Waals surface area contributed by atoms with E-state index in [1.54, 1.807) is 23.2 Å². The maximum Gasteiger partial charge on any atom is 0.275 e. The van der Waals surface area contributed by atoms with E-state index in [2.05, 4.69) is 27.1 Å². The van der Waals surface area contributed by atoms with Gasteiger partial charge in [-0.3, -0.25) is 14.6 Å². The van der Waals surface area contributed by atoms with Gasteiger partial charge in [0.1, 0.15) is 11.7 Å². The molecule has 0 aliphatic carbocycles. The third-order valence-electron chi connectivity index (χ3n) is 5.10. The number of nitrogens with zero attached hydrogens (tertiary/aromatic N) is 3. The molecule has 136 valence electrons. The smallest absolute Gasteiger partial charge is 0.275 e. The summed E-state index contributed by atoms with van der Waals surface area (Å²) in [6.45, 7) is 0.580. The Bertz CT molecular complexity index is 1190. The largest absolute Gasteiger partial charge is 0.325 e. The van der Waals surface area contributed by atoms with E-state index in [1.165, 1.54) is 0 Å². The number of pyridine rings is 2. The molecular weight excluding hydrogens is 352 g/mol. The average Bonchev–Trinajstić information content (AvgIpc) is 3.19. The summed E-state index contributed by atoms with van der Waals surface area (Å²) in [5.41, 5.74) is 2.86. The highest BCUT2D eigenvalue weighted by Crippen LogP contribution is 2.27. The maximum atomic E-state index is 12.8. The first-order valence-corrected chi connectivity index (χ1v) is 9.19. The SMILES string of the molecule is O=C1Nc2ccc(C#Cc3cnc4ccccc4c3)nc2C(=O)N2CCC[C@@H]12. The minimum absolute atomic E-state index is 0.146. The third kappa shape index (κ3) is 2.78. The number of rotatable bonds is 0. The van der Waals surface area contributed by atoms with E-state index in [-0.39, 0.29) is 17.5 Å². The second-order valence-electron chi connectivity index (χ2n) is 6.91. The predicted octanol–water partition coefficient (Wildman–Crippen LogP) is 2.59. The zero-order valence-corrected chi connectivity index (χ0v) is 15.0. The van der Waals surface area contributed by atoms with Crippen LogP contribution in [-0.2, 0) is 4.79 Å².